The number of ether oxygens (including phenoxy) is 1. The molecular weight excluding hydrogens is 228 g/mol. The third-order valence-corrected chi connectivity index (χ3v) is 3.11. The fraction of sp³-hybridized carbons (Fsp3) is 0.538. The number of rotatable bonds is 4. The fourth-order valence-electron chi connectivity index (χ4n) is 2.12. The Morgan fingerprint density at radius 2 is 2.33 bits per heavy atom. The van der Waals surface area contributed by atoms with Gasteiger partial charge in [0.05, 0.1) is 6.61 Å². The van der Waals surface area contributed by atoms with E-state index in [1.165, 1.54) is 5.57 Å². The molecule has 18 heavy (non-hydrogen) atoms. The van der Waals surface area contributed by atoms with Gasteiger partial charge < -0.3 is 15.4 Å². The second-order valence-electron chi connectivity index (χ2n) is 4.46. The molecule has 5 heteroatoms. The lowest BCUT2D eigenvalue weighted by Gasteiger charge is -2.28. The average Bonchev–Trinajstić information content (AvgIpc) is 2.40. The van der Waals surface area contributed by atoms with Crippen molar-refractivity contribution in [1.29, 1.82) is 0 Å². The summed E-state index contributed by atoms with van der Waals surface area (Å²) in [6.45, 7) is 4.92. The number of aromatic nitrogens is 2. The standard InChI is InChI=1S/C13H20N4O/c1-10-15-8-12(7-14)13(16-10)17-5-3-11(4-6-17)9-18-2/h3,8H,4-7,9,14H2,1-2H3. The van der Waals surface area contributed by atoms with Gasteiger partial charge in [0.1, 0.15) is 11.6 Å². The molecule has 0 aliphatic carbocycles. The molecule has 0 saturated carbocycles. The van der Waals surface area contributed by atoms with Gasteiger partial charge in [0.15, 0.2) is 0 Å². The first-order valence-electron chi connectivity index (χ1n) is 6.19. The Morgan fingerprint density at radius 1 is 1.50 bits per heavy atom. The minimum absolute atomic E-state index is 0.473. The van der Waals surface area contributed by atoms with Gasteiger partial charge in [-0.1, -0.05) is 6.08 Å². The molecular formula is C13H20N4O. The molecule has 2 N–H and O–H groups in total. The van der Waals surface area contributed by atoms with Gasteiger partial charge in [-0.2, -0.15) is 0 Å². The van der Waals surface area contributed by atoms with Crippen molar-refractivity contribution < 1.29 is 4.74 Å². The highest BCUT2D eigenvalue weighted by atomic mass is 16.5. The van der Waals surface area contributed by atoms with Crippen LogP contribution < -0.4 is 10.6 Å². The van der Waals surface area contributed by atoms with E-state index in [9.17, 15) is 0 Å². The molecule has 0 fully saturated rings. The molecule has 0 atom stereocenters. The molecule has 0 spiro atoms. The normalized spacial score (nSPS) is 15.7. The molecule has 0 saturated heterocycles. The van der Waals surface area contributed by atoms with E-state index in [0.717, 1.165) is 43.3 Å². The number of hydrogen-bond donors (Lipinski definition) is 1. The summed E-state index contributed by atoms with van der Waals surface area (Å²) in [5.41, 5.74) is 8.10. The van der Waals surface area contributed by atoms with E-state index in [-0.39, 0.29) is 0 Å². The average molecular weight is 248 g/mol. The van der Waals surface area contributed by atoms with Gasteiger partial charge in [0.2, 0.25) is 0 Å². The number of aryl methyl sites for hydroxylation is 1. The smallest absolute Gasteiger partial charge is 0.137 e. The summed E-state index contributed by atoms with van der Waals surface area (Å²) in [6, 6.07) is 0. The zero-order chi connectivity index (χ0) is 13.0. The molecule has 1 aromatic rings. The zero-order valence-corrected chi connectivity index (χ0v) is 11.0. The summed E-state index contributed by atoms with van der Waals surface area (Å²) in [6.07, 6.45) is 5.05. The number of methoxy groups -OCH3 is 1. The van der Waals surface area contributed by atoms with Crippen molar-refractivity contribution in [2.75, 3.05) is 31.7 Å². The number of nitrogens with two attached hydrogens (primary N) is 1. The number of anilines is 1. The molecule has 5 nitrogen and oxygen atoms in total. The summed E-state index contributed by atoms with van der Waals surface area (Å²) >= 11 is 0. The summed E-state index contributed by atoms with van der Waals surface area (Å²) in [7, 11) is 1.73. The molecule has 1 aromatic heterocycles. The van der Waals surface area contributed by atoms with E-state index in [4.69, 9.17) is 10.5 Å². The van der Waals surface area contributed by atoms with Crippen molar-refractivity contribution in [2.45, 2.75) is 19.9 Å². The van der Waals surface area contributed by atoms with Crippen LogP contribution in [0.4, 0.5) is 5.82 Å². The van der Waals surface area contributed by atoms with Crippen LogP contribution in [0.25, 0.3) is 0 Å². The van der Waals surface area contributed by atoms with Crippen LogP contribution in [0.15, 0.2) is 17.8 Å². The maximum atomic E-state index is 5.74. The van der Waals surface area contributed by atoms with Crippen molar-refractivity contribution in [3.05, 3.63) is 29.2 Å². The maximum Gasteiger partial charge on any atom is 0.137 e. The van der Waals surface area contributed by atoms with E-state index < -0.39 is 0 Å². The van der Waals surface area contributed by atoms with Crippen molar-refractivity contribution in [2.24, 2.45) is 5.73 Å². The van der Waals surface area contributed by atoms with Crippen LogP contribution in [0.2, 0.25) is 0 Å². The SMILES string of the molecule is COCC1=CCN(c2nc(C)ncc2CN)CC1. The summed E-state index contributed by atoms with van der Waals surface area (Å²) in [5.74, 6) is 1.76. The summed E-state index contributed by atoms with van der Waals surface area (Å²) in [4.78, 5) is 11.0. The van der Waals surface area contributed by atoms with Gasteiger partial charge in [0.25, 0.3) is 0 Å². The predicted octanol–water partition coefficient (Wildman–Crippen LogP) is 1.03. The highest BCUT2D eigenvalue weighted by Crippen LogP contribution is 2.21. The molecule has 0 aromatic carbocycles. The molecule has 0 bridgehead atoms. The van der Waals surface area contributed by atoms with E-state index in [2.05, 4.69) is 20.9 Å². The molecule has 98 valence electrons. The topological polar surface area (TPSA) is 64.3 Å². The minimum Gasteiger partial charge on any atom is -0.380 e. The second kappa shape index (κ2) is 5.93. The lowest BCUT2D eigenvalue weighted by Crippen LogP contribution is -2.31. The molecule has 0 radical (unpaired) electrons. The first-order valence-corrected chi connectivity index (χ1v) is 6.19. The number of nitrogens with zero attached hydrogens (tertiary/aromatic N) is 3. The van der Waals surface area contributed by atoms with Crippen molar-refractivity contribution in [3.8, 4) is 0 Å². The number of hydrogen-bond acceptors (Lipinski definition) is 5. The summed E-state index contributed by atoms with van der Waals surface area (Å²) < 4.78 is 5.15. The van der Waals surface area contributed by atoms with Crippen LogP contribution >= 0.6 is 0 Å². The Labute approximate surface area is 108 Å². The van der Waals surface area contributed by atoms with Gasteiger partial charge in [-0.3, -0.25) is 0 Å². The highest BCUT2D eigenvalue weighted by Gasteiger charge is 2.16. The van der Waals surface area contributed by atoms with Gasteiger partial charge in [-0.25, -0.2) is 9.97 Å². The van der Waals surface area contributed by atoms with Crippen LogP contribution in [0.5, 0.6) is 0 Å². The highest BCUT2D eigenvalue weighted by molar-refractivity contribution is 5.48. The summed E-state index contributed by atoms with van der Waals surface area (Å²) in [5, 5.41) is 0. The fourth-order valence-corrected chi connectivity index (χ4v) is 2.12. The molecule has 0 unspecified atom stereocenters. The van der Waals surface area contributed by atoms with Gasteiger partial charge in [-0.15, -0.1) is 0 Å². The second-order valence-corrected chi connectivity index (χ2v) is 4.46. The van der Waals surface area contributed by atoms with Crippen LogP contribution in [0, 0.1) is 6.92 Å². The van der Waals surface area contributed by atoms with Crippen molar-refractivity contribution in [1.82, 2.24) is 9.97 Å². The van der Waals surface area contributed by atoms with Gasteiger partial charge in [0, 0.05) is 38.5 Å². The Balaban J connectivity index is 2.16. The third kappa shape index (κ3) is 2.86. The van der Waals surface area contributed by atoms with Gasteiger partial charge in [-0.05, 0) is 18.9 Å². The van der Waals surface area contributed by atoms with Crippen LogP contribution in [-0.4, -0.2) is 36.8 Å². The van der Waals surface area contributed by atoms with Crippen LogP contribution in [-0.2, 0) is 11.3 Å². The van der Waals surface area contributed by atoms with E-state index in [0.29, 0.717) is 6.54 Å². The molecule has 1 aliphatic heterocycles. The Hall–Kier alpha value is -1.46. The maximum absolute atomic E-state index is 5.74. The quantitative estimate of drug-likeness (QED) is 0.806. The Bertz CT molecular complexity index is 445. The first-order chi connectivity index (χ1) is 8.74. The van der Waals surface area contributed by atoms with E-state index in [1.807, 2.05) is 13.1 Å². The third-order valence-electron chi connectivity index (χ3n) is 3.11. The van der Waals surface area contributed by atoms with Crippen molar-refractivity contribution in [3.63, 3.8) is 0 Å². The zero-order valence-electron chi connectivity index (χ0n) is 11.0. The largest absolute Gasteiger partial charge is 0.380 e. The van der Waals surface area contributed by atoms with E-state index in [1.54, 1.807) is 7.11 Å². The molecule has 1 aliphatic rings. The van der Waals surface area contributed by atoms with Gasteiger partial charge >= 0.3 is 0 Å². The van der Waals surface area contributed by atoms with Crippen LogP contribution in [0.1, 0.15) is 17.8 Å². The molecule has 0 amide bonds. The molecule has 2 heterocycles. The van der Waals surface area contributed by atoms with Crippen LogP contribution in [0.3, 0.4) is 0 Å². The van der Waals surface area contributed by atoms with Crippen molar-refractivity contribution >= 4 is 5.82 Å². The first kappa shape index (κ1) is 13.0. The van der Waals surface area contributed by atoms with E-state index >= 15 is 0 Å². The Morgan fingerprint density at radius 3 is 2.94 bits per heavy atom. The lowest BCUT2D eigenvalue weighted by atomic mass is 10.1. The Kier molecular flexibility index (Phi) is 4.28. The minimum atomic E-state index is 0.473. The molecule has 2 rings (SSSR count). The lowest BCUT2D eigenvalue weighted by molar-refractivity contribution is 0.222. The monoisotopic (exact) mass is 248 g/mol. The predicted molar refractivity (Wildman–Crippen MR) is 71.4 cm³/mol.